The van der Waals surface area contributed by atoms with Crippen LogP contribution in [0.3, 0.4) is 0 Å². The lowest BCUT2D eigenvalue weighted by Crippen LogP contribution is -2.51. The molecular weight excluding hydrogens is 618 g/mol. The molecule has 45 heavy (non-hydrogen) atoms. The smallest absolute Gasteiger partial charge is 0.424 e. The Hall–Kier alpha value is -4.53. The molecule has 15 heteroatoms. The van der Waals surface area contributed by atoms with E-state index in [1.165, 1.54) is 7.11 Å². The van der Waals surface area contributed by atoms with Crippen LogP contribution < -0.4 is 14.8 Å². The summed E-state index contributed by atoms with van der Waals surface area (Å²) >= 11 is 0. The van der Waals surface area contributed by atoms with Crippen molar-refractivity contribution in [1.29, 1.82) is 0 Å². The Morgan fingerprint density at radius 1 is 1.11 bits per heavy atom. The van der Waals surface area contributed by atoms with Gasteiger partial charge in [0.15, 0.2) is 0 Å². The largest absolute Gasteiger partial charge is 0.494 e. The van der Waals surface area contributed by atoms with Gasteiger partial charge in [0.2, 0.25) is 5.60 Å². The molecule has 5 rings (SSSR count). The number of carbonyl (C=O) groups is 1. The van der Waals surface area contributed by atoms with Crippen LogP contribution >= 0.6 is 0 Å². The normalized spacial score (nSPS) is 15.4. The number of benzene rings is 2. The Balaban J connectivity index is 1.58. The number of halogens is 8. The first-order valence-corrected chi connectivity index (χ1v) is 13.2. The predicted molar refractivity (Wildman–Crippen MR) is 144 cm³/mol. The van der Waals surface area contributed by atoms with Crippen LogP contribution in [0.5, 0.6) is 11.5 Å². The van der Waals surface area contributed by atoms with Gasteiger partial charge in [0.05, 0.1) is 24.8 Å². The third kappa shape index (κ3) is 5.60. The highest BCUT2D eigenvalue weighted by Gasteiger charge is 2.57. The van der Waals surface area contributed by atoms with E-state index in [0.29, 0.717) is 6.07 Å². The molecule has 7 nitrogen and oxygen atoms in total. The second-order valence-electron chi connectivity index (χ2n) is 10.4. The van der Waals surface area contributed by atoms with Crippen molar-refractivity contribution < 1.29 is 54.5 Å². The molecule has 3 heterocycles. The molecule has 0 aliphatic carbocycles. The van der Waals surface area contributed by atoms with Crippen molar-refractivity contribution in [2.24, 2.45) is 0 Å². The number of ether oxygens (including phenoxy) is 2. The number of methoxy groups -OCH3 is 1. The van der Waals surface area contributed by atoms with Crippen molar-refractivity contribution in [3.05, 3.63) is 82.9 Å². The van der Waals surface area contributed by atoms with Gasteiger partial charge < -0.3 is 19.9 Å². The summed E-state index contributed by atoms with van der Waals surface area (Å²) in [5, 5.41) is 13.1. The van der Waals surface area contributed by atoms with Crippen LogP contribution in [-0.2, 0) is 11.0 Å². The third-order valence-electron chi connectivity index (χ3n) is 7.57. The van der Waals surface area contributed by atoms with Crippen LogP contribution in [0, 0.1) is 5.82 Å². The molecule has 1 aliphatic rings. The molecule has 0 bridgehead atoms. The van der Waals surface area contributed by atoms with E-state index in [1.54, 1.807) is 0 Å². The molecule has 2 N–H and O–H groups in total. The molecule has 1 atom stereocenters. The number of carbonyl (C=O) groups excluding carboxylic acids is 1. The maximum atomic E-state index is 14.6. The van der Waals surface area contributed by atoms with Crippen LogP contribution in [0.1, 0.15) is 33.6 Å². The monoisotopic (exact) mass is 641 g/mol. The zero-order valence-corrected chi connectivity index (χ0v) is 23.2. The molecule has 2 aromatic carbocycles. The van der Waals surface area contributed by atoms with Crippen LogP contribution in [0.15, 0.2) is 54.7 Å². The van der Waals surface area contributed by atoms with Gasteiger partial charge in [0, 0.05) is 33.8 Å². The summed E-state index contributed by atoms with van der Waals surface area (Å²) in [4.78, 5) is 20.9. The topological polar surface area (TPSA) is 93.6 Å². The average Bonchev–Trinajstić information content (AvgIpc) is 3.41. The second kappa shape index (κ2) is 11.8. The van der Waals surface area contributed by atoms with Gasteiger partial charge in [-0.15, -0.1) is 0 Å². The van der Waals surface area contributed by atoms with Crippen molar-refractivity contribution in [2.75, 3.05) is 33.6 Å². The molecule has 0 saturated heterocycles. The molecule has 2 aromatic heterocycles. The Labute approximate surface area is 249 Å². The summed E-state index contributed by atoms with van der Waals surface area (Å²) in [7, 11) is 1.21. The van der Waals surface area contributed by atoms with Crippen molar-refractivity contribution in [2.45, 2.75) is 23.6 Å². The highest BCUT2D eigenvalue weighted by Crippen LogP contribution is 2.48. The number of nitrogens with one attached hydrogen (secondary N) is 1. The number of fused-ring (bicyclic) bond motifs is 2. The summed E-state index contributed by atoms with van der Waals surface area (Å²) in [6.07, 6.45) is -7.49. The fourth-order valence-electron chi connectivity index (χ4n) is 4.92. The first-order valence-electron chi connectivity index (χ1n) is 13.2. The van der Waals surface area contributed by atoms with Gasteiger partial charge in [-0.2, -0.15) is 13.2 Å². The maximum absolute atomic E-state index is 14.6. The first-order chi connectivity index (χ1) is 21.3. The van der Waals surface area contributed by atoms with Crippen LogP contribution in [0.4, 0.5) is 35.1 Å². The zero-order chi connectivity index (χ0) is 32.7. The Morgan fingerprint density at radius 3 is 2.40 bits per heavy atom. The van der Waals surface area contributed by atoms with E-state index in [-0.39, 0.29) is 44.8 Å². The molecule has 1 amide bonds. The Kier molecular flexibility index (Phi) is 8.33. The third-order valence-corrected chi connectivity index (χ3v) is 7.57. The fraction of sp³-hybridized carbons (Fsp3) is 0.300. The van der Waals surface area contributed by atoms with Crippen molar-refractivity contribution in [3.8, 4) is 22.8 Å². The number of alkyl halides is 7. The van der Waals surface area contributed by atoms with Crippen molar-refractivity contribution in [1.82, 2.24) is 15.3 Å². The molecule has 238 valence electrons. The van der Waals surface area contributed by atoms with E-state index < -0.39 is 73.1 Å². The molecule has 4 aromatic rings. The molecular formula is C30H23F8N3O4. The first kappa shape index (κ1) is 31.9. The van der Waals surface area contributed by atoms with Crippen molar-refractivity contribution >= 4 is 16.8 Å². The van der Waals surface area contributed by atoms with E-state index in [2.05, 4.69) is 9.97 Å². The average molecular weight is 642 g/mol. The molecule has 1 aliphatic heterocycles. The van der Waals surface area contributed by atoms with Crippen molar-refractivity contribution in [3.63, 3.8) is 0 Å². The van der Waals surface area contributed by atoms with Gasteiger partial charge in [-0.1, -0.05) is 0 Å². The minimum Gasteiger partial charge on any atom is -0.494 e. The molecule has 0 unspecified atom stereocenters. The van der Waals surface area contributed by atoms with E-state index >= 15 is 0 Å². The highest BCUT2D eigenvalue weighted by atomic mass is 19.4. The van der Waals surface area contributed by atoms with Gasteiger partial charge in [0.25, 0.3) is 12.3 Å². The minimum atomic E-state index is -5.51. The minimum absolute atomic E-state index is 0.0246. The number of rotatable bonds is 9. The SMILES string of the molecule is COc1cc(C(=O)NC[C@](O)(c2cc3c(c(-c4ccc(F)cc4)n2)OCC3(CF)CF)C(F)(F)F)cc2cc(C(F)F)cnc12. The molecule has 0 fully saturated rings. The zero-order valence-electron chi connectivity index (χ0n) is 23.2. The quantitative estimate of drug-likeness (QED) is 0.214. The van der Waals surface area contributed by atoms with Gasteiger partial charge in [-0.3, -0.25) is 9.78 Å². The van der Waals surface area contributed by atoms with Gasteiger partial charge >= 0.3 is 6.18 Å². The van der Waals surface area contributed by atoms with Crippen LogP contribution in [0.2, 0.25) is 0 Å². The lowest BCUT2D eigenvalue weighted by atomic mass is 9.82. The Bertz CT molecular complexity index is 1750. The summed E-state index contributed by atoms with van der Waals surface area (Å²) in [6.45, 7) is -4.84. The second-order valence-corrected chi connectivity index (χ2v) is 10.4. The summed E-state index contributed by atoms with van der Waals surface area (Å²) < 4.78 is 123. The number of amides is 1. The number of nitrogens with zero attached hydrogens (tertiary/aromatic N) is 2. The van der Waals surface area contributed by atoms with Gasteiger partial charge in [-0.25, -0.2) is 26.9 Å². The van der Waals surface area contributed by atoms with E-state index in [1.807, 2.05) is 5.32 Å². The number of hydrogen-bond donors (Lipinski definition) is 2. The summed E-state index contributed by atoms with van der Waals surface area (Å²) in [5.74, 6) is -2.13. The van der Waals surface area contributed by atoms with E-state index in [0.717, 1.165) is 48.7 Å². The lowest BCUT2D eigenvalue weighted by Gasteiger charge is -2.31. The molecule has 0 radical (unpaired) electrons. The van der Waals surface area contributed by atoms with E-state index in [9.17, 15) is 45.0 Å². The number of hydrogen-bond acceptors (Lipinski definition) is 6. The van der Waals surface area contributed by atoms with Crippen LogP contribution in [0.25, 0.3) is 22.2 Å². The summed E-state index contributed by atoms with van der Waals surface area (Å²) in [5.41, 5.74) is -8.39. The van der Waals surface area contributed by atoms with Crippen LogP contribution in [-0.4, -0.2) is 60.8 Å². The maximum Gasteiger partial charge on any atom is 0.424 e. The number of aliphatic hydroxyl groups is 1. The van der Waals surface area contributed by atoms with Gasteiger partial charge in [0.1, 0.15) is 48.5 Å². The molecule has 0 saturated carbocycles. The number of aromatic nitrogens is 2. The van der Waals surface area contributed by atoms with E-state index in [4.69, 9.17) is 9.47 Å². The standard InChI is InChI=1S/C30H23F8N3O4/c1-44-21-8-17(6-16-7-18(26(34)35)10-39-23(16)21)27(42)40-13-29(43,30(36,37)38)22-9-20-25(45-14-28(20,11-31)12-32)24(41-22)15-2-4-19(33)5-3-15/h2-10,26,43H,11-14H2,1H3,(H,40,42)/t29-/m0/s1. The van der Waals surface area contributed by atoms with Gasteiger partial charge in [-0.05, 0) is 48.5 Å². The Morgan fingerprint density at radius 2 is 1.80 bits per heavy atom. The predicted octanol–water partition coefficient (Wildman–Crippen LogP) is 6.13. The number of pyridine rings is 2. The highest BCUT2D eigenvalue weighted by molar-refractivity contribution is 6.00. The molecule has 0 spiro atoms. The summed E-state index contributed by atoms with van der Waals surface area (Å²) in [6, 6.07) is 8.21. The fourth-order valence-corrected chi connectivity index (χ4v) is 4.92. The lowest BCUT2D eigenvalue weighted by molar-refractivity contribution is -0.265.